The van der Waals surface area contributed by atoms with Gasteiger partial charge >= 0.3 is 17.0 Å². The van der Waals surface area contributed by atoms with Gasteiger partial charge in [-0.3, -0.25) is 10.1 Å². The highest BCUT2D eigenvalue weighted by Crippen LogP contribution is 2.36. The lowest BCUT2D eigenvalue weighted by Crippen LogP contribution is -2.46. The third-order valence-corrected chi connectivity index (χ3v) is 5.62. The first kappa shape index (κ1) is 19.6. The van der Waals surface area contributed by atoms with E-state index in [-0.39, 0.29) is 23.2 Å². The monoisotopic (exact) mass is 401 g/mol. The minimum atomic E-state index is -0.786. The van der Waals surface area contributed by atoms with E-state index in [1.807, 2.05) is 30.3 Å². The molecule has 28 heavy (non-hydrogen) atoms. The number of urea groups is 1. The molecule has 8 nitrogen and oxygen atoms in total. The molecule has 0 bridgehead atoms. The summed E-state index contributed by atoms with van der Waals surface area (Å²) in [4.78, 5) is 37.3. The Labute approximate surface area is 165 Å². The Bertz CT molecular complexity index is 938. The lowest BCUT2D eigenvalue weighted by atomic mass is 10.0. The van der Waals surface area contributed by atoms with Gasteiger partial charge in [0.2, 0.25) is 0 Å². The Hall–Kier alpha value is -3.20. The largest absolute Gasteiger partial charge is 0.462 e. The summed E-state index contributed by atoms with van der Waals surface area (Å²) in [7, 11) is 1.55. The minimum Gasteiger partial charge on any atom is -0.462 e. The lowest BCUT2D eigenvalue weighted by Gasteiger charge is -2.32. The molecule has 2 heterocycles. The Kier molecular flexibility index (Phi) is 5.74. The van der Waals surface area contributed by atoms with Crippen LogP contribution in [-0.4, -0.2) is 35.5 Å². The van der Waals surface area contributed by atoms with Gasteiger partial charge in [-0.25, -0.2) is 9.59 Å². The van der Waals surface area contributed by atoms with Crippen molar-refractivity contribution >= 4 is 28.3 Å². The highest BCUT2D eigenvalue weighted by molar-refractivity contribution is 7.15. The molecule has 1 aliphatic heterocycles. The molecule has 1 aliphatic rings. The maximum Gasteiger partial charge on any atom is 0.338 e. The zero-order valence-electron chi connectivity index (χ0n) is 15.4. The zero-order chi connectivity index (χ0) is 20.3. The second-order valence-corrected chi connectivity index (χ2v) is 7.34. The molecule has 2 amide bonds. The number of thiophene rings is 1. The Morgan fingerprint density at radius 1 is 1.29 bits per heavy atom. The summed E-state index contributed by atoms with van der Waals surface area (Å²) in [5.74, 6) is -0.554. The average Bonchev–Trinajstić information content (AvgIpc) is 3.17. The van der Waals surface area contributed by atoms with Crippen molar-refractivity contribution in [1.82, 2.24) is 10.2 Å². The second kappa shape index (κ2) is 8.22. The number of nitrogens with zero attached hydrogens (tertiary/aromatic N) is 2. The molecule has 1 atom stereocenters. The fraction of sp³-hybridized carbons (Fsp3) is 0.263. The van der Waals surface area contributed by atoms with E-state index in [4.69, 9.17) is 4.74 Å². The number of hydrogen-bond donors (Lipinski definition) is 1. The predicted octanol–water partition coefficient (Wildman–Crippen LogP) is 3.41. The van der Waals surface area contributed by atoms with Gasteiger partial charge in [0.05, 0.1) is 23.1 Å². The number of carbonyl (C=O) groups is 2. The number of rotatable bonds is 6. The van der Waals surface area contributed by atoms with Gasteiger partial charge in [0.15, 0.2) is 0 Å². The van der Waals surface area contributed by atoms with E-state index in [2.05, 4.69) is 5.32 Å². The Morgan fingerprint density at radius 2 is 2.00 bits per heavy atom. The molecular formula is C19H19N3O5S. The Morgan fingerprint density at radius 3 is 2.64 bits per heavy atom. The van der Waals surface area contributed by atoms with Crippen LogP contribution in [0, 0.1) is 10.1 Å². The van der Waals surface area contributed by atoms with E-state index >= 15 is 0 Å². The van der Waals surface area contributed by atoms with Gasteiger partial charge in [0, 0.05) is 30.1 Å². The van der Waals surface area contributed by atoms with Gasteiger partial charge in [-0.1, -0.05) is 41.7 Å². The van der Waals surface area contributed by atoms with Crippen LogP contribution < -0.4 is 5.32 Å². The van der Waals surface area contributed by atoms with E-state index in [0.717, 1.165) is 16.9 Å². The normalized spacial score (nSPS) is 16.7. The maximum atomic E-state index is 12.8. The number of carbonyl (C=O) groups excluding carboxylic acids is 2. The predicted molar refractivity (Wildman–Crippen MR) is 104 cm³/mol. The third-order valence-electron chi connectivity index (χ3n) is 4.52. The molecule has 9 heteroatoms. The van der Waals surface area contributed by atoms with Gasteiger partial charge in [-0.2, -0.15) is 0 Å². The molecule has 0 radical (unpaired) electrons. The van der Waals surface area contributed by atoms with Gasteiger partial charge in [0.1, 0.15) is 0 Å². The number of hydrogen-bond acceptors (Lipinski definition) is 6. The first-order chi connectivity index (χ1) is 13.4. The van der Waals surface area contributed by atoms with Crippen LogP contribution in [0.5, 0.6) is 0 Å². The van der Waals surface area contributed by atoms with Crippen molar-refractivity contribution in [3.05, 3.63) is 74.3 Å². The maximum absolute atomic E-state index is 12.8. The fourth-order valence-electron chi connectivity index (χ4n) is 2.89. The lowest BCUT2D eigenvalue weighted by molar-refractivity contribution is -0.380. The quantitative estimate of drug-likeness (QED) is 0.454. The summed E-state index contributed by atoms with van der Waals surface area (Å²) in [5, 5.41) is 13.6. The van der Waals surface area contributed by atoms with E-state index in [1.54, 1.807) is 20.0 Å². The number of ether oxygens (including phenoxy) is 1. The van der Waals surface area contributed by atoms with Crippen molar-refractivity contribution in [3.8, 4) is 0 Å². The van der Waals surface area contributed by atoms with Gasteiger partial charge in [-0.15, -0.1) is 0 Å². The first-order valence-electron chi connectivity index (χ1n) is 8.58. The van der Waals surface area contributed by atoms with Crippen molar-refractivity contribution in [2.45, 2.75) is 19.4 Å². The van der Waals surface area contributed by atoms with Gasteiger partial charge in [0.25, 0.3) is 0 Å². The van der Waals surface area contributed by atoms with E-state index in [1.165, 1.54) is 11.0 Å². The van der Waals surface area contributed by atoms with E-state index in [9.17, 15) is 19.7 Å². The van der Waals surface area contributed by atoms with Crippen molar-refractivity contribution in [2.24, 2.45) is 0 Å². The summed E-state index contributed by atoms with van der Waals surface area (Å²) in [5.41, 5.74) is 1.77. The van der Waals surface area contributed by atoms with E-state index < -0.39 is 16.9 Å². The van der Waals surface area contributed by atoms with Crippen molar-refractivity contribution in [2.75, 3.05) is 13.7 Å². The van der Waals surface area contributed by atoms with Crippen LogP contribution in [0.4, 0.5) is 9.80 Å². The molecule has 0 spiro atoms. The number of amides is 2. The second-order valence-electron chi connectivity index (χ2n) is 6.25. The van der Waals surface area contributed by atoms with E-state index in [0.29, 0.717) is 17.0 Å². The molecule has 1 aromatic carbocycles. The fourth-order valence-corrected chi connectivity index (χ4v) is 3.78. The van der Waals surface area contributed by atoms with Crippen molar-refractivity contribution in [1.29, 1.82) is 0 Å². The van der Waals surface area contributed by atoms with Crippen LogP contribution in [0.2, 0.25) is 0 Å². The number of nitro groups is 1. The van der Waals surface area contributed by atoms with Crippen LogP contribution in [0.25, 0.3) is 0 Å². The average molecular weight is 401 g/mol. The number of benzene rings is 1. The Balaban J connectivity index is 1.81. The molecule has 0 saturated heterocycles. The third kappa shape index (κ3) is 4.04. The van der Waals surface area contributed by atoms with Crippen LogP contribution in [0.3, 0.4) is 0 Å². The molecule has 1 unspecified atom stereocenters. The zero-order valence-corrected chi connectivity index (χ0v) is 16.2. The van der Waals surface area contributed by atoms with Crippen LogP contribution >= 0.6 is 11.3 Å². The highest BCUT2D eigenvalue weighted by Gasteiger charge is 2.36. The number of nitrogens with one attached hydrogen (secondary N) is 1. The SMILES string of the molecule is CC1=C(C(=O)OCCc2ccccc2)C(c2ccc([N+](=O)[O-])s2)NC(=O)N1C. The summed E-state index contributed by atoms with van der Waals surface area (Å²) in [6.07, 6.45) is 0.566. The number of esters is 1. The highest BCUT2D eigenvalue weighted by atomic mass is 32.1. The first-order valence-corrected chi connectivity index (χ1v) is 9.40. The van der Waals surface area contributed by atoms with Crippen molar-refractivity contribution < 1.29 is 19.2 Å². The molecule has 1 aromatic heterocycles. The molecule has 3 rings (SSSR count). The summed E-state index contributed by atoms with van der Waals surface area (Å²) >= 11 is 0.920. The van der Waals surface area contributed by atoms with Crippen LogP contribution in [-0.2, 0) is 16.0 Å². The molecule has 146 valence electrons. The summed E-state index contributed by atoms with van der Waals surface area (Å²) in [6, 6.07) is 11.4. The van der Waals surface area contributed by atoms with Crippen LogP contribution in [0.15, 0.2) is 53.7 Å². The van der Waals surface area contributed by atoms with Crippen LogP contribution in [0.1, 0.15) is 23.4 Å². The molecular weight excluding hydrogens is 382 g/mol. The standard InChI is InChI=1S/C19H19N3O5S/c1-12-16(18(23)27-11-10-13-6-4-3-5-7-13)17(20-19(24)21(12)2)14-8-9-15(28-14)22(25)26/h3-9,17H,10-11H2,1-2H3,(H,20,24). The minimum absolute atomic E-state index is 0.0578. The molecule has 1 N–H and O–H groups in total. The molecule has 0 fully saturated rings. The molecule has 0 aliphatic carbocycles. The smallest absolute Gasteiger partial charge is 0.338 e. The number of allylic oxidation sites excluding steroid dienone is 1. The topological polar surface area (TPSA) is 102 Å². The van der Waals surface area contributed by atoms with Crippen molar-refractivity contribution in [3.63, 3.8) is 0 Å². The molecule has 0 saturated carbocycles. The van der Waals surface area contributed by atoms with Gasteiger partial charge < -0.3 is 15.0 Å². The summed E-state index contributed by atoms with van der Waals surface area (Å²) < 4.78 is 5.44. The van der Waals surface area contributed by atoms with Gasteiger partial charge in [-0.05, 0) is 18.6 Å². The molecule has 2 aromatic rings. The summed E-state index contributed by atoms with van der Waals surface area (Å²) in [6.45, 7) is 1.84.